The van der Waals surface area contributed by atoms with Crippen LogP contribution in [0.4, 0.5) is 5.82 Å². The van der Waals surface area contributed by atoms with Crippen molar-refractivity contribution in [2.75, 3.05) is 31.1 Å². The summed E-state index contributed by atoms with van der Waals surface area (Å²) in [7, 11) is 0. The van der Waals surface area contributed by atoms with Crippen LogP contribution in [0.5, 0.6) is 0 Å². The molecule has 22 heavy (non-hydrogen) atoms. The van der Waals surface area contributed by atoms with Gasteiger partial charge in [-0.05, 0) is 32.2 Å². The van der Waals surface area contributed by atoms with E-state index in [-0.39, 0.29) is 5.91 Å². The Kier molecular flexibility index (Phi) is 4.87. The number of aromatic nitrogens is 2. The van der Waals surface area contributed by atoms with E-state index in [1.807, 2.05) is 12.4 Å². The van der Waals surface area contributed by atoms with Gasteiger partial charge in [-0.1, -0.05) is 0 Å². The minimum Gasteiger partial charge on any atom is -0.355 e. The fourth-order valence-electron chi connectivity index (χ4n) is 3.35. The highest BCUT2D eigenvalue weighted by Gasteiger charge is 2.22. The van der Waals surface area contributed by atoms with Gasteiger partial charge in [0.15, 0.2) is 0 Å². The maximum atomic E-state index is 11.1. The summed E-state index contributed by atoms with van der Waals surface area (Å²) in [6, 6.07) is 0.300. The molecule has 1 aromatic heterocycles. The zero-order valence-electron chi connectivity index (χ0n) is 13.2. The summed E-state index contributed by atoms with van der Waals surface area (Å²) in [5.41, 5.74) is 1.10. The van der Waals surface area contributed by atoms with Crippen molar-refractivity contribution in [2.24, 2.45) is 0 Å². The second kappa shape index (κ2) is 7.05. The van der Waals surface area contributed by atoms with Crippen LogP contribution in [-0.2, 0) is 4.79 Å². The molecular formula is C16H25N5O. The largest absolute Gasteiger partial charge is 0.355 e. The average Bonchev–Trinajstić information content (AvgIpc) is 2.56. The summed E-state index contributed by atoms with van der Waals surface area (Å²) in [4.78, 5) is 22.6. The molecule has 0 radical (unpaired) electrons. The van der Waals surface area contributed by atoms with Gasteiger partial charge in [0.1, 0.15) is 5.82 Å². The summed E-state index contributed by atoms with van der Waals surface area (Å²) in [5.74, 6) is 1.51. The number of rotatable bonds is 3. The number of carbonyl (C=O) groups is 1. The lowest BCUT2D eigenvalue weighted by Crippen LogP contribution is -2.44. The first-order valence-corrected chi connectivity index (χ1v) is 8.27. The van der Waals surface area contributed by atoms with Crippen molar-refractivity contribution >= 4 is 11.7 Å². The molecule has 2 saturated heterocycles. The number of nitrogens with one attached hydrogen (secondary N) is 2. The van der Waals surface area contributed by atoms with Gasteiger partial charge in [-0.25, -0.2) is 4.98 Å². The number of anilines is 1. The third kappa shape index (κ3) is 3.74. The molecule has 2 aliphatic heterocycles. The fraction of sp³-hybridized carbons (Fsp3) is 0.688. The number of piperidine rings is 2. The molecule has 2 aliphatic rings. The molecule has 3 rings (SSSR count). The first kappa shape index (κ1) is 15.2. The van der Waals surface area contributed by atoms with Crippen LogP contribution >= 0.6 is 0 Å². The van der Waals surface area contributed by atoms with Crippen LogP contribution < -0.4 is 15.5 Å². The van der Waals surface area contributed by atoms with Gasteiger partial charge in [0.05, 0.1) is 18.1 Å². The Hall–Kier alpha value is -1.69. The Morgan fingerprint density at radius 1 is 1.27 bits per heavy atom. The van der Waals surface area contributed by atoms with Gasteiger partial charge < -0.3 is 15.5 Å². The topological polar surface area (TPSA) is 70.2 Å². The standard InChI is InChI=1S/C16H25N5O/c1-12(22)20-14-4-7-21(8-5-14)16-11-18-15(10-19-16)13-3-2-6-17-9-13/h10-11,13-14,17H,2-9H2,1H3,(H,20,22). The van der Waals surface area contributed by atoms with E-state index >= 15 is 0 Å². The third-order valence-electron chi connectivity index (χ3n) is 4.60. The van der Waals surface area contributed by atoms with Crippen molar-refractivity contribution in [3.8, 4) is 0 Å². The van der Waals surface area contributed by atoms with Crippen LogP contribution in [0.15, 0.2) is 12.4 Å². The van der Waals surface area contributed by atoms with E-state index in [0.29, 0.717) is 12.0 Å². The Morgan fingerprint density at radius 2 is 2.09 bits per heavy atom. The van der Waals surface area contributed by atoms with E-state index in [9.17, 15) is 4.79 Å². The van der Waals surface area contributed by atoms with E-state index in [1.165, 1.54) is 12.8 Å². The average molecular weight is 303 g/mol. The molecule has 6 nitrogen and oxygen atoms in total. The molecule has 2 fully saturated rings. The second-order valence-electron chi connectivity index (χ2n) is 6.30. The lowest BCUT2D eigenvalue weighted by molar-refractivity contribution is -0.119. The van der Waals surface area contributed by atoms with Crippen LogP contribution in [0.2, 0.25) is 0 Å². The first-order valence-electron chi connectivity index (χ1n) is 8.27. The predicted molar refractivity (Wildman–Crippen MR) is 85.9 cm³/mol. The highest BCUT2D eigenvalue weighted by Crippen LogP contribution is 2.23. The maximum Gasteiger partial charge on any atom is 0.217 e. The van der Waals surface area contributed by atoms with Crippen molar-refractivity contribution in [1.29, 1.82) is 0 Å². The van der Waals surface area contributed by atoms with Gasteiger partial charge >= 0.3 is 0 Å². The quantitative estimate of drug-likeness (QED) is 0.873. The van der Waals surface area contributed by atoms with Crippen LogP contribution in [0.25, 0.3) is 0 Å². The zero-order valence-corrected chi connectivity index (χ0v) is 13.2. The van der Waals surface area contributed by atoms with Crippen molar-refractivity contribution in [2.45, 2.75) is 44.6 Å². The fourth-order valence-corrected chi connectivity index (χ4v) is 3.35. The van der Waals surface area contributed by atoms with E-state index in [4.69, 9.17) is 0 Å². The van der Waals surface area contributed by atoms with Crippen molar-refractivity contribution < 1.29 is 4.79 Å². The second-order valence-corrected chi connectivity index (χ2v) is 6.30. The van der Waals surface area contributed by atoms with E-state index in [0.717, 1.165) is 50.5 Å². The Labute approximate surface area is 131 Å². The van der Waals surface area contributed by atoms with Gasteiger partial charge in [0.2, 0.25) is 5.91 Å². The lowest BCUT2D eigenvalue weighted by Gasteiger charge is -2.33. The van der Waals surface area contributed by atoms with E-state index < -0.39 is 0 Å². The summed E-state index contributed by atoms with van der Waals surface area (Å²) in [6.45, 7) is 5.55. The van der Waals surface area contributed by atoms with Crippen molar-refractivity contribution in [3.05, 3.63) is 18.1 Å². The molecular weight excluding hydrogens is 278 g/mol. The molecule has 2 N–H and O–H groups in total. The minimum absolute atomic E-state index is 0.0590. The van der Waals surface area contributed by atoms with Gasteiger partial charge in [-0.2, -0.15) is 0 Å². The number of nitrogens with zero attached hydrogens (tertiary/aromatic N) is 3. The Balaban J connectivity index is 1.56. The minimum atomic E-state index is 0.0590. The van der Waals surface area contributed by atoms with Crippen LogP contribution in [0.3, 0.4) is 0 Å². The highest BCUT2D eigenvalue weighted by atomic mass is 16.1. The first-order chi connectivity index (χ1) is 10.7. The lowest BCUT2D eigenvalue weighted by atomic mass is 9.96. The molecule has 0 saturated carbocycles. The van der Waals surface area contributed by atoms with E-state index in [1.54, 1.807) is 6.92 Å². The maximum absolute atomic E-state index is 11.1. The van der Waals surface area contributed by atoms with Crippen LogP contribution in [0.1, 0.15) is 44.2 Å². The van der Waals surface area contributed by atoms with Crippen molar-refractivity contribution in [3.63, 3.8) is 0 Å². The number of amides is 1. The van der Waals surface area contributed by atoms with Crippen molar-refractivity contribution in [1.82, 2.24) is 20.6 Å². The molecule has 3 heterocycles. The third-order valence-corrected chi connectivity index (χ3v) is 4.60. The smallest absolute Gasteiger partial charge is 0.217 e. The van der Waals surface area contributed by atoms with Crippen LogP contribution in [-0.4, -0.2) is 48.1 Å². The molecule has 0 aromatic carbocycles. The van der Waals surface area contributed by atoms with Gasteiger partial charge in [0.25, 0.3) is 0 Å². The summed E-state index contributed by atoms with van der Waals surface area (Å²) < 4.78 is 0. The molecule has 1 unspecified atom stereocenters. The summed E-state index contributed by atoms with van der Waals surface area (Å²) >= 11 is 0. The molecule has 1 aromatic rings. The van der Waals surface area contributed by atoms with Gasteiger partial charge in [-0.15, -0.1) is 0 Å². The summed E-state index contributed by atoms with van der Waals surface area (Å²) in [5, 5.41) is 6.42. The SMILES string of the molecule is CC(=O)NC1CCN(c2cnc(C3CCCNC3)cn2)CC1. The molecule has 1 atom stereocenters. The van der Waals surface area contributed by atoms with E-state index in [2.05, 4.69) is 25.5 Å². The predicted octanol–water partition coefficient (Wildman–Crippen LogP) is 1.05. The van der Waals surface area contributed by atoms with Crippen LogP contribution in [0, 0.1) is 0 Å². The number of hydrogen-bond donors (Lipinski definition) is 2. The molecule has 120 valence electrons. The molecule has 0 spiro atoms. The Bertz CT molecular complexity index is 490. The normalized spacial score (nSPS) is 23.3. The molecule has 6 heteroatoms. The molecule has 0 aliphatic carbocycles. The molecule has 0 bridgehead atoms. The molecule has 1 amide bonds. The number of carbonyl (C=O) groups excluding carboxylic acids is 1. The summed E-state index contributed by atoms with van der Waals surface area (Å²) in [6.07, 6.45) is 8.19. The van der Waals surface area contributed by atoms with Gasteiger partial charge in [0, 0.05) is 38.5 Å². The zero-order chi connectivity index (χ0) is 15.4. The Morgan fingerprint density at radius 3 is 2.68 bits per heavy atom. The van der Waals surface area contributed by atoms with Gasteiger partial charge in [-0.3, -0.25) is 9.78 Å². The number of hydrogen-bond acceptors (Lipinski definition) is 5. The monoisotopic (exact) mass is 303 g/mol. The highest BCUT2D eigenvalue weighted by molar-refractivity contribution is 5.73.